The van der Waals surface area contributed by atoms with Gasteiger partial charge in [-0.25, -0.2) is 9.59 Å². The van der Waals surface area contributed by atoms with Crippen molar-refractivity contribution in [2.75, 3.05) is 0 Å². The van der Waals surface area contributed by atoms with Crippen LogP contribution in [0.1, 0.15) is 20.9 Å². The van der Waals surface area contributed by atoms with E-state index in [1.54, 1.807) is 36.4 Å². The van der Waals surface area contributed by atoms with Crippen molar-refractivity contribution < 1.29 is 24.2 Å². The van der Waals surface area contributed by atoms with E-state index in [9.17, 15) is 14.7 Å². The lowest BCUT2D eigenvalue weighted by Gasteiger charge is -2.01. The molecular formula is C16H10O5. The first kappa shape index (κ1) is 12.9. The molecule has 0 amide bonds. The molecule has 0 aliphatic rings. The highest BCUT2D eigenvalue weighted by atomic mass is 16.4. The van der Waals surface area contributed by atoms with Crippen molar-refractivity contribution in [3.8, 4) is 11.1 Å². The quantitative estimate of drug-likeness (QED) is 0.767. The second-order valence-corrected chi connectivity index (χ2v) is 4.49. The highest BCUT2D eigenvalue weighted by molar-refractivity contribution is 6.05. The van der Waals surface area contributed by atoms with Gasteiger partial charge < -0.3 is 14.6 Å². The first-order valence-corrected chi connectivity index (χ1v) is 6.16. The number of carboxylic acids is 2. The van der Waals surface area contributed by atoms with Crippen molar-refractivity contribution in [2.45, 2.75) is 0 Å². The van der Waals surface area contributed by atoms with Gasteiger partial charge in [-0.15, -0.1) is 0 Å². The molecule has 3 rings (SSSR count). The summed E-state index contributed by atoms with van der Waals surface area (Å²) in [5.41, 5.74) is 1.67. The topological polar surface area (TPSA) is 87.7 Å². The zero-order valence-corrected chi connectivity index (χ0v) is 10.7. The van der Waals surface area contributed by atoms with Gasteiger partial charge >= 0.3 is 11.9 Å². The third-order valence-corrected chi connectivity index (χ3v) is 3.21. The second kappa shape index (κ2) is 4.79. The molecule has 1 heterocycles. The maximum absolute atomic E-state index is 11.4. The summed E-state index contributed by atoms with van der Waals surface area (Å²) in [6.07, 6.45) is 0. The fourth-order valence-corrected chi connectivity index (χ4v) is 2.26. The van der Waals surface area contributed by atoms with Crippen LogP contribution in [0.25, 0.3) is 22.1 Å². The van der Waals surface area contributed by atoms with Gasteiger partial charge in [-0.05, 0) is 23.8 Å². The highest BCUT2D eigenvalue weighted by Gasteiger charge is 2.21. The smallest absolute Gasteiger partial charge is 0.372 e. The number of rotatable bonds is 3. The predicted octanol–water partition coefficient (Wildman–Crippen LogP) is 3.50. The van der Waals surface area contributed by atoms with E-state index in [0.717, 1.165) is 0 Å². The Morgan fingerprint density at radius 2 is 1.52 bits per heavy atom. The summed E-state index contributed by atoms with van der Waals surface area (Å²) in [6, 6.07) is 13.0. The van der Waals surface area contributed by atoms with Gasteiger partial charge in [-0.2, -0.15) is 0 Å². The third-order valence-electron chi connectivity index (χ3n) is 3.21. The lowest BCUT2D eigenvalue weighted by Crippen LogP contribution is -1.97. The van der Waals surface area contributed by atoms with E-state index >= 15 is 0 Å². The molecule has 0 unspecified atom stereocenters. The summed E-state index contributed by atoms with van der Waals surface area (Å²) in [5, 5.41) is 18.9. The van der Waals surface area contributed by atoms with Crippen molar-refractivity contribution in [1.29, 1.82) is 0 Å². The molecule has 0 saturated heterocycles. The van der Waals surface area contributed by atoms with Crippen LogP contribution in [-0.2, 0) is 0 Å². The Bertz CT molecular complexity index is 843. The number of hydrogen-bond donors (Lipinski definition) is 2. The van der Waals surface area contributed by atoms with Gasteiger partial charge in [0.25, 0.3) is 0 Å². The number of benzene rings is 2. The van der Waals surface area contributed by atoms with Gasteiger partial charge in [0, 0.05) is 10.9 Å². The van der Waals surface area contributed by atoms with Crippen molar-refractivity contribution in [3.63, 3.8) is 0 Å². The molecule has 104 valence electrons. The Kier molecular flexibility index (Phi) is 2.95. The van der Waals surface area contributed by atoms with Crippen LogP contribution in [-0.4, -0.2) is 22.2 Å². The summed E-state index contributed by atoms with van der Waals surface area (Å²) >= 11 is 0. The minimum Gasteiger partial charge on any atom is -0.478 e. The van der Waals surface area contributed by atoms with Crippen molar-refractivity contribution in [3.05, 3.63) is 59.9 Å². The Hall–Kier alpha value is -3.08. The molecule has 3 aromatic rings. The minimum atomic E-state index is -1.16. The maximum Gasteiger partial charge on any atom is 0.372 e. The summed E-state index contributed by atoms with van der Waals surface area (Å²) < 4.78 is 5.38. The molecule has 21 heavy (non-hydrogen) atoms. The van der Waals surface area contributed by atoms with Crippen molar-refractivity contribution in [2.24, 2.45) is 0 Å². The molecule has 0 aliphatic heterocycles. The monoisotopic (exact) mass is 282 g/mol. The predicted molar refractivity (Wildman–Crippen MR) is 75.6 cm³/mol. The molecule has 0 saturated carbocycles. The van der Waals surface area contributed by atoms with Crippen LogP contribution in [0.5, 0.6) is 0 Å². The molecule has 0 aliphatic carbocycles. The number of fused-ring (bicyclic) bond motifs is 1. The van der Waals surface area contributed by atoms with Crippen LogP contribution >= 0.6 is 0 Å². The fourth-order valence-electron chi connectivity index (χ4n) is 2.26. The largest absolute Gasteiger partial charge is 0.478 e. The number of aromatic carboxylic acids is 2. The Morgan fingerprint density at radius 3 is 2.14 bits per heavy atom. The fraction of sp³-hybridized carbons (Fsp3) is 0. The number of hydrogen-bond acceptors (Lipinski definition) is 3. The highest BCUT2D eigenvalue weighted by Crippen LogP contribution is 2.34. The first-order chi connectivity index (χ1) is 10.1. The van der Waals surface area contributed by atoms with Gasteiger partial charge in [-0.3, -0.25) is 0 Å². The molecular weight excluding hydrogens is 272 g/mol. The van der Waals surface area contributed by atoms with Crippen LogP contribution in [0.2, 0.25) is 0 Å². The van der Waals surface area contributed by atoms with Gasteiger partial charge in [-0.1, -0.05) is 30.3 Å². The molecule has 0 atom stereocenters. The molecule has 2 N–H and O–H groups in total. The van der Waals surface area contributed by atoms with E-state index < -0.39 is 11.9 Å². The van der Waals surface area contributed by atoms with Crippen LogP contribution in [0.3, 0.4) is 0 Å². The van der Waals surface area contributed by atoms with Gasteiger partial charge in [0.1, 0.15) is 5.58 Å². The van der Waals surface area contributed by atoms with E-state index in [1.807, 2.05) is 0 Å². The normalized spacial score (nSPS) is 10.7. The summed E-state index contributed by atoms with van der Waals surface area (Å²) in [5.74, 6) is -2.35. The average Bonchev–Trinajstić information content (AvgIpc) is 2.87. The van der Waals surface area contributed by atoms with E-state index in [0.29, 0.717) is 22.1 Å². The molecule has 0 bridgehead atoms. The van der Waals surface area contributed by atoms with Crippen LogP contribution in [0.15, 0.2) is 52.9 Å². The summed E-state index contributed by atoms with van der Waals surface area (Å²) in [4.78, 5) is 22.2. The second-order valence-electron chi connectivity index (χ2n) is 4.49. The van der Waals surface area contributed by atoms with Crippen LogP contribution < -0.4 is 0 Å². The molecule has 0 radical (unpaired) electrons. The number of carbonyl (C=O) groups is 2. The summed E-state index contributed by atoms with van der Waals surface area (Å²) in [6.45, 7) is 0. The van der Waals surface area contributed by atoms with Gasteiger partial charge in [0.15, 0.2) is 0 Å². The SMILES string of the molecule is O=C(O)c1ccc(-c2c(C(=O)O)oc3ccccc23)cc1. The van der Waals surface area contributed by atoms with E-state index in [2.05, 4.69) is 0 Å². The molecule has 5 heteroatoms. The standard InChI is InChI=1S/C16H10O5/c17-15(18)10-7-5-9(6-8-10)13-11-3-1-2-4-12(11)21-14(13)16(19)20/h1-8H,(H,17,18)(H,19,20). The van der Waals surface area contributed by atoms with Gasteiger partial charge in [0.2, 0.25) is 5.76 Å². The Morgan fingerprint density at radius 1 is 0.857 bits per heavy atom. The molecule has 0 fully saturated rings. The Labute approximate surface area is 119 Å². The van der Waals surface area contributed by atoms with E-state index in [1.165, 1.54) is 12.1 Å². The molecule has 2 aromatic carbocycles. The third kappa shape index (κ3) is 2.14. The van der Waals surface area contributed by atoms with E-state index in [4.69, 9.17) is 9.52 Å². The number of carboxylic acid groups (broad SMARTS) is 2. The zero-order valence-electron chi connectivity index (χ0n) is 10.7. The number of furan rings is 1. The summed E-state index contributed by atoms with van der Waals surface area (Å²) in [7, 11) is 0. The first-order valence-electron chi connectivity index (χ1n) is 6.16. The zero-order chi connectivity index (χ0) is 15.0. The molecule has 1 aromatic heterocycles. The van der Waals surface area contributed by atoms with Crippen LogP contribution in [0.4, 0.5) is 0 Å². The van der Waals surface area contributed by atoms with Crippen molar-refractivity contribution in [1.82, 2.24) is 0 Å². The van der Waals surface area contributed by atoms with Gasteiger partial charge in [0.05, 0.1) is 5.56 Å². The molecule has 5 nitrogen and oxygen atoms in total. The lowest BCUT2D eigenvalue weighted by molar-refractivity contribution is 0.0662. The molecule has 0 spiro atoms. The minimum absolute atomic E-state index is 0.142. The van der Waals surface area contributed by atoms with Crippen molar-refractivity contribution >= 4 is 22.9 Å². The Balaban J connectivity index is 2.25. The maximum atomic E-state index is 11.4. The number of para-hydroxylation sites is 1. The average molecular weight is 282 g/mol. The van der Waals surface area contributed by atoms with Crippen LogP contribution in [0, 0.1) is 0 Å². The lowest BCUT2D eigenvalue weighted by atomic mass is 10.0. The van der Waals surface area contributed by atoms with E-state index in [-0.39, 0.29) is 11.3 Å².